The van der Waals surface area contributed by atoms with Crippen molar-refractivity contribution in [3.8, 4) is 6.07 Å². The number of fused-ring (bicyclic) bond motifs is 1. The van der Waals surface area contributed by atoms with Gasteiger partial charge in [-0.2, -0.15) is 5.26 Å². The van der Waals surface area contributed by atoms with Crippen LogP contribution in [0, 0.1) is 11.3 Å². The highest BCUT2D eigenvalue weighted by Crippen LogP contribution is 2.27. The number of hydrogen-bond donors (Lipinski definition) is 0. The third-order valence-electron chi connectivity index (χ3n) is 2.10. The molecule has 0 spiro atoms. The van der Waals surface area contributed by atoms with Gasteiger partial charge in [-0.1, -0.05) is 11.6 Å². The van der Waals surface area contributed by atoms with Crippen LogP contribution in [0.25, 0.3) is 11.0 Å². The van der Waals surface area contributed by atoms with E-state index >= 15 is 0 Å². The quantitative estimate of drug-likeness (QED) is 0.713. The Kier molecular flexibility index (Phi) is 2.55. The number of methoxy groups -OCH3 is 1. The third-order valence-corrected chi connectivity index (χ3v) is 2.31. The fraction of sp³-hybridized carbons (Fsp3) is 0.0909. The van der Waals surface area contributed by atoms with Gasteiger partial charge in [0.2, 0.25) is 5.76 Å². The van der Waals surface area contributed by atoms with Crippen LogP contribution < -0.4 is 0 Å². The van der Waals surface area contributed by atoms with E-state index in [0.717, 1.165) is 0 Å². The van der Waals surface area contributed by atoms with Crippen molar-refractivity contribution >= 4 is 28.5 Å². The SMILES string of the molecule is COC(=O)c1cc(Cl)cc2cc(C#N)oc12. The van der Waals surface area contributed by atoms with Crippen LogP contribution in [0.3, 0.4) is 0 Å². The zero-order valence-electron chi connectivity index (χ0n) is 8.28. The zero-order chi connectivity index (χ0) is 11.7. The normalized spacial score (nSPS) is 10.1. The number of hydrogen-bond acceptors (Lipinski definition) is 4. The van der Waals surface area contributed by atoms with E-state index in [2.05, 4.69) is 4.74 Å². The fourth-order valence-electron chi connectivity index (χ4n) is 1.43. The molecule has 16 heavy (non-hydrogen) atoms. The van der Waals surface area contributed by atoms with E-state index in [-0.39, 0.29) is 11.3 Å². The lowest BCUT2D eigenvalue weighted by atomic mass is 10.1. The molecule has 0 saturated heterocycles. The standard InChI is InChI=1S/C11H6ClNO3/c1-15-11(14)9-4-7(12)2-6-3-8(5-13)16-10(6)9/h2-4H,1H3. The maximum atomic E-state index is 11.5. The molecule has 1 aromatic carbocycles. The summed E-state index contributed by atoms with van der Waals surface area (Å²) in [5.74, 6) is -0.422. The highest BCUT2D eigenvalue weighted by Gasteiger charge is 2.16. The summed E-state index contributed by atoms with van der Waals surface area (Å²) in [6.45, 7) is 0. The summed E-state index contributed by atoms with van der Waals surface area (Å²) in [6.07, 6.45) is 0. The van der Waals surface area contributed by atoms with E-state index in [0.29, 0.717) is 16.0 Å². The Hall–Kier alpha value is -1.99. The van der Waals surface area contributed by atoms with Crippen LogP contribution in [0.4, 0.5) is 0 Å². The van der Waals surface area contributed by atoms with Crippen molar-refractivity contribution in [2.24, 2.45) is 0 Å². The second kappa shape index (κ2) is 3.87. The zero-order valence-corrected chi connectivity index (χ0v) is 9.04. The van der Waals surface area contributed by atoms with E-state index in [9.17, 15) is 4.79 Å². The first kappa shape index (κ1) is 10.5. The highest BCUT2D eigenvalue weighted by molar-refractivity contribution is 6.32. The summed E-state index contributed by atoms with van der Waals surface area (Å²) in [7, 11) is 1.27. The first-order valence-corrected chi connectivity index (χ1v) is 4.75. The van der Waals surface area contributed by atoms with Gasteiger partial charge < -0.3 is 9.15 Å². The number of nitriles is 1. The fourth-order valence-corrected chi connectivity index (χ4v) is 1.66. The number of benzene rings is 1. The summed E-state index contributed by atoms with van der Waals surface area (Å²) < 4.78 is 9.81. The molecule has 1 heterocycles. The minimum atomic E-state index is -0.550. The van der Waals surface area contributed by atoms with Gasteiger partial charge >= 0.3 is 5.97 Å². The molecule has 0 atom stereocenters. The lowest BCUT2D eigenvalue weighted by Gasteiger charge is -2.00. The van der Waals surface area contributed by atoms with Gasteiger partial charge in [0.05, 0.1) is 7.11 Å². The van der Waals surface area contributed by atoms with Crippen LogP contribution in [-0.2, 0) is 4.74 Å². The van der Waals surface area contributed by atoms with Crippen molar-refractivity contribution in [2.45, 2.75) is 0 Å². The van der Waals surface area contributed by atoms with E-state index in [1.807, 2.05) is 6.07 Å². The highest BCUT2D eigenvalue weighted by atomic mass is 35.5. The molecule has 0 unspecified atom stereocenters. The molecule has 0 aliphatic carbocycles. The molecule has 80 valence electrons. The number of halogens is 1. The molecular formula is C11H6ClNO3. The van der Waals surface area contributed by atoms with Crippen LogP contribution >= 0.6 is 11.6 Å². The summed E-state index contributed by atoms with van der Waals surface area (Å²) in [6, 6.07) is 6.44. The minimum absolute atomic E-state index is 0.127. The molecule has 1 aromatic heterocycles. The molecule has 0 bridgehead atoms. The largest absolute Gasteiger partial charge is 0.465 e. The third kappa shape index (κ3) is 1.62. The Bertz CT molecular complexity index is 609. The van der Waals surface area contributed by atoms with Crippen LogP contribution in [0.15, 0.2) is 22.6 Å². The Morgan fingerprint density at radius 1 is 1.50 bits per heavy atom. The van der Waals surface area contributed by atoms with Gasteiger partial charge in [-0.05, 0) is 12.1 Å². The van der Waals surface area contributed by atoms with Gasteiger partial charge in [-0.15, -0.1) is 0 Å². The van der Waals surface area contributed by atoms with Crippen molar-refractivity contribution in [3.63, 3.8) is 0 Å². The number of esters is 1. The molecule has 0 aliphatic heterocycles. The smallest absolute Gasteiger partial charge is 0.341 e. The van der Waals surface area contributed by atoms with Gasteiger partial charge in [0.1, 0.15) is 11.6 Å². The first-order chi connectivity index (χ1) is 7.65. The molecule has 0 saturated carbocycles. The summed E-state index contributed by atoms with van der Waals surface area (Å²) >= 11 is 5.84. The maximum Gasteiger partial charge on any atom is 0.341 e. The lowest BCUT2D eigenvalue weighted by Crippen LogP contribution is -2.01. The van der Waals surface area contributed by atoms with Gasteiger partial charge in [-0.3, -0.25) is 0 Å². The Labute approximate surface area is 96.0 Å². The van der Waals surface area contributed by atoms with Crippen molar-refractivity contribution in [1.82, 2.24) is 0 Å². The maximum absolute atomic E-state index is 11.5. The number of carbonyl (C=O) groups excluding carboxylic acids is 1. The molecule has 4 nitrogen and oxygen atoms in total. The topological polar surface area (TPSA) is 63.2 Å². The van der Waals surface area contributed by atoms with E-state index in [4.69, 9.17) is 21.3 Å². The molecule has 5 heteroatoms. The number of nitrogens with zero attached hydrogens (tertiary/aromatic N) is 1. The van der Waals surface area contributed by atoms with Crippen molar-refractivity contribution in [2.75, 3.05) is 7.11 Å². The first-order valence-electron chi connectivity index (χ1n) is 4.37. The van der Waals surface area contributed by atoms with Crippen molar-refractivity contribution < 1.29 is 13.9 Å². The number of furan rings is 1. The van der Waals surface area contributed by atoms with E-state index in [1.54, 1.807) is 6.07 Å². The Balaban J connectivity index is 2.77. The monoisotopic (exact) mass is 235 g/mol. The van der Waals surface area contributed by atoms with Crippen LogP contribution in [0.5, 0.6) is 0 Å². The minimum Gasteiger partial charge on any atom is -0.465 e. The Morgan fingerprint density at radius 2 is 2.25 bits per heavy atom. The molecular weight excluding hydrogens is 230 g/mol. The van der Waals surface area contributed by atoms with Gasteiger partial charge in [0.15, 0.2) is 5.58 Å². The van der Waals surface area contributed by atoms with E-state index in [1.165, 1.54) is 19.2 Å². The van der Waals surface area contributed by atoms with Gasteiger partial charge in [-0.25, -0.2) is 4.79 Å². The molecule has 0 amide bonds. The number of ether oxygens (including phenoxy) is 1. The molecule has 0 radical (unpaired) electrons. The molecule has 0 aliphatic rings. The summed E-state index contributed by atoms with van der Waals surface area (Å²) in [4.78, 5) is 11.5. The van der Waals surface area contributed by atoms with Crippen LogP contribution in [-0.4, -0.2) is 13.1 Å². The second-order valence-corrected chi connectivity index (χ2v) is 3.52. The predicted molar refractivity (Wildman–Crippen MR) is 57.3 cm³/mol. The lowest BCUT2D eigenvalue weighted by molar-refractivity contribution is 0.0601. The number of carbonyl (C=O) groups is 1. The molecule has 0 fully saturated rings. The average molecular weight is 236 g/mol. The van der Waals surface area contributed by atoms with Crippen LogP contribution in [0.2, 0.25) is 5.02 Å². The van der Waals surface area contributed by atoms with Crippen molar-refractivity contribution in [3.05, 3.63) is 34.5 Å². The average Bonchev–Trinajstić information content (AvgIpc) is 2.69. The molecule has 2 aromatic rings. The van der Waals surface area contributed by atoms with Gasteiger partial charge in [0.25, 0.3) is 0 Å². The second-order valence-electron chi connectivity index (χ2n) is 3.09. The summed E-state index contributed by atoms with van der Waals surface area (Å²) in [5.41, 5.74) is 0.527. The van der Waals surface area contributed by atoms with Crippen LogP contribution in [0.1, 0.15) is 16.1 Å². The van der Waals surface area contributed by atoms with Crippen molar-refractivity contribution in [1.29, 1.82) is 5.26 Å². The molecule has 2 rings (SSSR count). The van der Waals surface area contributed by atoms with E-state index < -0.39 is 5.97 Å². The van der Waals surface area contributed by atoms with Gasteiger partial charge in [0, 0.05) is 16.5 Å². The summed E-state index contributed by atoms with van der Waals surface area (Å²) in [5, 5.41) is 9.69. The number of rotatable bonds is 1. The molecule has 0 N–H and O–H groups in total. The predicted octanol–water partition coefficient (Wildman–Crippen LogP) is 2.74. The Morgan fingerprint density at radius 3 is 2.88 bits per heavy atom.